The van der Waals surface area contributed by atoms with Gasteiger partial charge in [-0.3, -0.25) is 10.1 Å². The van der Waals surface area contributed by atoms with Crippen LogP contribution in [0.5, 0.6) is 0 Å². The lowest BCUT2D eigenvalue weighted by Crippen LogP contribution is -2.43. The molecule has 1 saturated heterocycles. The fourth-order valence-corrected chi connectivity index (χ4v) is 3.99. The van der Waals surface area contributed by atoms with Gasteiger partial charge in [-0.25, -0.2) is 13.1 Å². The minimum atomic E-state index is -3.90. The van der Waals surface area contributed by atoms with Crippen LogP contribution in [-0.4, -0.2) is 32.5 Å². The van der Waals surface area contributed by atoms with Crippen molar-refractivity contribution < 1.29 is 13.3 Å². The summed E-state index contributed by atoms with van der Waals surface area (Å²) in [6.45, 7) is 2.67. The Kier molecular flexibility index (Phi) is 4.92. The number of piperidine rings is 1. The molecule has 116 valence electrons. The van der Waals surface area contributed by atoms with Crippen LogP contribution in [0.2, 0.25) is 0 Å². The van der Waals surface area contributed by atoms with E-state index in [4.69, 9.17) is 0 Å². The molecule has 1 fully saturated rings. The molecule has 0 amide bonds. The molecular formula is C13H19N3O4S. The van der Waals surface area contributed by atoms with E-state index in [-0.39, 0.29) is 23.2 Å². The van der Waals surface area contributed by atoms with E-state index in [1.165, 1.54) is 12.1 Å². The molecule has 0 bridgehead atoms. The molecule has 1 aliphatic heterocycles. The first-order valence-electron chi connectivity index (χ1n) is 6.89. The molecule has 2 N–H and O–H groups in total. The maximum absolute atomic E-state index is 12.4. The number of nitrogens with one attached hydrogen (secondary N) is 2. The summed E-state index contributed by atoms with van der Waals surface area (Å²) in [5.41, 5.74) is -0.0209. The maximum Gasteiger partial charge on any atom is 0.289 e. The van der Waals surface area contributed by atoms with Crippen LogP contribution in [0.4, 0.5) is 5.69 Å². The SMILES string of the molecule is Cc1cccc([N+](=O)[O-])c1S(=O)(=O)NCC1CCCCN1. The van der Waals surface area contributed by atoms with Crippen LogP contribution in [0.1, 0.15) is 24.8 Å². The van der Waals surface area contributed by atoms with Gasteiger partial charge in [0.15, 0.2) is 4.90 Å². The average Bonchev–Trinajstić information content (AvgIpc) is 2.46. The van der Waals surface area contributed by atoms with E-state index in [2.05, 4.69) is 10.0 Å². The molecule has 0 aromatic heterocycles. The zero-order valence-corrected chi connectivity index (χ0v) is 12.6. The van der Waals surface area contributed by atoms with E-state index in [0.717, 1.165) is 25.8 Å². The van der Waals surface area contributed by atoms with E-state index >= 15 is 0 Å². The number of sulfonamides is 1. The number of hydrogen-bond acceptors (Lipinski definition) is 5. The first-order chi connectivity index (χ1) is 9.92. The van der Waals surface area contributed by atoms with Crippen molar-refractivity contribution in [1.82, 2.24) is 10.0 Å². The maximum atomic E-state index is 12.4. The molecule has 0 spiro atoms. The molecular weight excluding hydrogens is 294 g/mol. The molecule has 1 atom stereocenters. The van der Waals surface area contributed by atoms with Gasteiger partial charge in [0.25, 0.3) is 5.69 Å². The second kappa shape index (κ2) is 6.50. The molecule has 1 aliphatic rings. The number of aryl methyl sites for hydroxylation is 1. The van der Waals surface area contributed by atoms with Gasteiger partial charge in [0, 0.05) is 18.7 Å². The highest BCUT2D eigenvalue weighted by Gasteiger charge is 2.28. The van der Waals surface area contributed by atoms with Gasteiger partial charge < -0.3 is 5.32 Å². The highest BCUT2D eigenvalue weighted by atomic mass is 32.2. The van der Waals surface area contributed by atoms with Crippen LogP contribution < -0.4 is 10.0 Å². The normalized spacial score (nSPS) is 19.4. The van der Waals surface area contributed by atoms with E-state index in [1.807, 2.05) is 0 Å². The van der Waals surface area contributed by atoms with Crippen molar-refractivity contribution in [3.05, 3.63) is 33.9 Å². The zero-order chi connectivity index (χ0) is 15.5. The molecule has 0 radical (unpaired) electrons. The Bertz CT molecular complexity index is 624. The van der Waals surface area contributed by atoms with Crippen molar-refractivity contribution in [3.8, 4) is 0 Å². The Morgan fingerprint density at radius 1 is 1.43 bits per heavy atom. The zero-order valence-electron chi connectivity index (χ0n) is 11.8. The van der Waals surface area contributed by atoms with Gasteiger partial charge in [-0.15, -0.1) is 0 Å². The molecule has 1 heterocycles. The van der Waals surface area contributed by atoms with Crippen molar-refractivity contribution in [2.24, 2.45) is 0 Å². The molecule has 0 aliphatic carbocycles. The molecule has 1 aromatic carbocycles. The summed E-state index contributed by atoms with van der Waals surface area (Å²) >= 11 is 0. The Hall–Kier alpha value is -1.51. The molecule has 8 heteroatoms. The predicted molar refractivity (Wildman–Crippen MR) is 78.7 cm³/mol. The highest BCUT2D eigenvalue weighted by Crippen LogP contribution is 2.26. The number of rotatable bonds is 5. The van der Waals surface area contributed by atoms with Gasteiger partial charge >= 0.3 is 0 Å². The first-order valence-corrected chi connectivity index (χ1v) is 8.37. The fraction of sp³-hybridized carbons (Fsp3) is 0.538. The third kappa shape index (κ3) is 3.78. The van der Waals surface area contributed by atoms with Crippen LogP contribution in [0, 0.1) is 17.0 Å². The molecule has 0 saturated carbocycles. The summed E-state index contributed by atoms with van der Waals surface area (Å²) in [6.07, 6.45) is 3.05. The molecule has 1 aromatic rings. The third-order valence-electron chi connectivity index (χ3n) is 3.59. The standard InChI is InChI=1S/C13H19N3O4S/c1-10-5-4-7-12(16(17)18)13(10)21(19,20)15-9-11-6-2-3-8-14-11/h4-5,7,11,14-15H,2-3,6,8-9H2,1H3. The van der Waals surface area contributed by atoms with Crippen LogP contribution in [0.25, 0.3) is 0 Å². The molecule has 1 unspecified atom stereocenters. The van der Waals surface area contributed by atoms with Crippen LogP contribution >= 0.6 is 0 Å². The largest absolute Gasteiger partial charge is 0.313 e. The van der Waals surface area contributed by atoms with Crippen molar-refractivity contribution in [2.75, 3.05) is 13.1 Å². The summed E-state index contributed by atoms with van der Waals surface area (Å²) in [4.78, 5) is 10.1. The number of nitro benzene ring substituents is 1. The van der Waals surface area contributed by atoms with E-state index < -0.39 is 14.9 Å². The number of benzene rings is 1. The summed E-state index contributed by atoms with van der Waals surface area (Å²) in [7, 11) is -3.90. The molecule has 7 nitrogen and oxygen atoms in total. The Morgan fingerprint density at radius 2 is 2.19 bits per heavy atom. The Morgan fingerprint density at radius 3 is 2.81 bits per heavy atom. The van der Waals surface area contributed by atoms with Crippen LogP contribution in [-0.2, 0) is 10.0 Å². The first kappa shape index (κ1) is 15.9. The lowest BCUT2D eigenvalue weighted by Gasteiger charge is -2.23. The van der Waals surface area contributed by atoms with Crippen molar-refractivity contribution in [2.45, 2.75) is 37.1 Å². The minimum absolute atomic E-state index is 0.0802. The van der Waals surface area contributed by atoms with Gasteiger partial charge in [0.2, 0.25) is 10.0 Å². The smallest absolute Gasteiger partial charge is 0.289 e. The monoisotopic (exact) mass is 313 g/mol. The molecule has 21 heavy (non-hydrogen) atoms. The van der Waals surface area contributed by atoms with E-state index in [9.17, 15) is 18.5 Å². The quantitative estimate of drug-likeness (QED) is 0.630. The summed E-state index contributed by atoms with van der Waals surface area (Å²) in [5.74, 6) is 0. The number of nitro groups is 1. The lowest BCUT2D eigenvalue weighted by atomic mass is 10.1. The lowest BCUT2D eigenvalue weighted by molar-refractivity contribution is -0.387. The fourth-order valence-electron chi connectivity index (χ4n) is 2.51. The Labute approximate surface area is 123 Å². The number of hydrogen-bond donors (Lipinski definition) is 2. The predicted octanol–water partition coefficient (Wildman–Crippen LogP) is 1.32. The van der Waals surface area contributed by atoms with Crippen molar-refractivity contribution >= 4 is 15.7 Å². The van der Waals surface area contributed by atoms with Crippen molar-refractivity contribution in [3.63, 3.8) is 0 Å². The second-order valence-electron chi connectivity index (χ2n) is 5.18. The Balaban J connectivity index is 2.21. The van der Waals surface area contributed by atoms with Crippen molar-refractivity contribution in [1.29, 1.82) is 0 Å². The van der Waals surface area contributed by atoms with Gasteiger partial charge in [0.05, 0.1) is 4.92 Å². The minimum Gasteiger partial charge on any atom is -0.313 e. The van der Waals surface area contributed by atoms with Crippen LogP contribution in [0.15, 0.2) is 23.1 Å². The summed E-state index contributed by atoms with van der Waals surface area (Å²) in [5, 5.41) is 14.3. The van der Waals surface area contributed by atoms with Gasteiger partial charge in [-0.1, -0.05) is 18.6 Å². The summed E-state index contributed by atoms with van der Waals surface area (Å²) in [6, 6.07) is 4.33. The molecule has 2 rings (SSSR count). The number of nitrogens with zero attached hydrogens (tertiary/aromatic N) is 1. The summed E-state index contributed by atoms with van der Waals surface area (Å²) < 4.78 is 27.2. The van der Waals surface area contributed by atoms with E-state index in [0.29, 0.717) is 5.56 Å². The van der Waals surface area contributed by atoms with E-state index in [1.54, 1.807) is 13.0 Å². The van der Waals surface area contributed by atoms with Gasteiger partial charge in [-0.2, -0.15) is 0 Å². The van der Waals surface area contributed by atoms with Gasteiger partial charge in [-0.05, 0) is 31.9 Å². The topological polar surface area (TPSA) is 101 Å². The second-order valence-corrected chi connectivity index (χ2v) is 6.88. The van der Waals surface area contributed by atoms with Crippen LogP contribution in [0.3, 0.4) is 0 Å². The van der Waals surface area contributed by atoms with Gasteiger partial charge in [0.1, 0.15) is 0 Å². The third-order valence-corrected chi connectivity index (χ3v) is 5.20. The average molecular weight is 313 g/mol. The highest BCUT2D eigenvalue weighted by molar-refractivity contribution is 7.89.